The first-order valence-corrected chi connectivity index (χ1v) is 6.69. The Morgan fingerprint density at radius 3 is 2.50 bits per heavy atom. The highest BCUT2D eigenvalue weighted by atomic mass is 19.1. The molecule has 1 N–H and O–H groups in total. The third kappa shape index (κ3) is 3.91. The van der Waals surface area contributed by atoms with Gasteiger partial charge in [-0.05, 0) is 36.8 Å². The van der Waals surface area contributed by atoms with Crippen molar-refractivity contribution in [3.8, 4) is 5.75 Å². The minimum atomic E-state index is -1.03. The molecular weight excluding hydrogens is 287 g/mol. The summed E-state index contributed by atoms with van der Waals surface area (Å²) in [5, 5.41) is 8.91. The molecule has 22 heavy (non-hydrogen) atoms. The molecule has 0 radical (unpaired) electrons. The number of Topliss-reactive ketones (excluding diaryl/α,β-unsaturated/α-hetero) is 1. The Labute approximate surface area is 127 Å². The molecule has 0 atom stereocenters. The average Bonchev–Trinajstić information content (AvgIpc) is 2.45. The number of hydrogen-bond acceptors (Lipinski definition) is 3. The lowest BCUT2D eigenvalue weighted by atomic mass is 10.0. The number of ketones is 1. The highest BCUT2D eigenvalue weighted by molar-refractivity contribution is 5.96. The maximum Gasteiger partial charge on any atom is 0.307 e. The van der Waals surface area contributed by atoms with Gasteiger partial charge >= 0.3 is 5.97 Å². The van der Waals surface area contributed by atoms with Gasteiger partial charge in [-0.25, -0.2) is 4.39 Å². The molecule has 0 saturated heterocycles. The van der Waals surface area contributed by atoms with Crippen LogP contribution in [0.1, 0.15) is 28.4 Å². The van der Waals surface area contributed by atoms with Gasteiger partial charge in [0, 0.05) is 11.1 Å². The average molecular weight is 302 g/mol. The molecule has 0 aliphatic carbocycles. The molecule has 114 valence electrons. The van der Waals surface area contributed by atoms with E-state index >= 15 is 0 Å². The third-order valence-electron chi connectivity index (χ3n) is 3.15. The number of carboxylic acid groups (broad SMARTS) is 1. The second kappa shape index (κ2) is 6.85. The van der Waals surface area contributed by atoms with Crippen LogP contribution < -0.4 is 4.74 Å². The Balaban J connectivity index is 2.19. The van der Waals surface area contributed by atoms with Gasteiger partial charge in [-0.2, -0.15) is 0 Å². The van der Waals surface area contributed by atoms with Gasteiger partial charge in [0.2, 0.25) is 0 Å². The smallest absolute Gasteiger partial charge is 0.307 e. The summed E-state index contributed by atoms with van der Waals surface area (Å²) in [6, 6.07) is 10.8. The van der Waals surface area contributed by atoms with E-state index in [0.29, 0.717) is 22.4 Å². The van der Waals surface area contributed by atoms with Crippen LogP contribution in [0.25, 0.3) is 0 Å². The predicted molar refractivity (Wildman–Crippen MR) is 78.5 cm³/mol. The van der Waals surface area contributed by atoms with Crippen molar-refractivity contribution in [2.45, 2.75) is 20.0 Å². The van der Waals surface area contributed by atoms with Crippen LogP contribution in [0.5, 0.6) is 5.75 Å². The van der Waals surface area contributed by atoms with Crippen LogP contribution in [0.2, 0.25) is 0 Å². The monoisotopic (exact) mass is 302 g/mol. The van der Waals surface area contributed by atoms with Crippen molar-refractivity contribution < 1.29 is 23.8 Å². The molecule has 0 aromatic heterocycles. The van der Waals surface area contributed by atoms with E-state index in [0.717, 1.165) is 0 Å². The van der Waals surface area contributed by atoms with Crippen molar-refractivity contribution >= 4 is 11.8 Å². The second-order valence-corrected chi connectivity index (χ2v) is 4.83. The number of halogens is 1. The molecule has 2 aromatic carbocycles. The van der Waals surface area contributed by atoms with E-state index in [9.17, 15) is 14.0 Å². The van der Waals surface area contributed by atoms with Crippen LogP contribution in [0.15, 0.2) is 42.5 Å². The van der Waals surface area contributed by atoms with Crippen molar-refractivity contribution in [3.63, 3.8) is 0 Å². The first-order valence-electron chi connectivity index (χ1n) is 6.69. The molecule has 0 spiro atoms. The normalized spacial score (nSPS) is 10.3. The van der Waals surface area contributed by atoms with Crippen molar-refractivity contribution in [1.29, 1.82) is 0 Å². The molecule has 0 saturated carbocycles. The van der Waals surface area contributed by atoms with Crippen LogP contribution >= 0.6 is 0 Å². The van der Waals surface area contributed by atoms with Gasteiger partial charge in [-0.1, -0.05) is 18.2 Å². The molecule has 4 nitrogen and oxygen atoms in total. The second-order valence-electron chi connectivity index (χ2n) is 4.83. The maximum absolute atomic E-state index is 13.5. The van der Waals surface area contributed by atoms with Crippen LogP contribution in [-0.2, 0) is 17.8 Å². The fraction of sp³-hybridized carbons (Fsp3) is 0.176. The molecule has 0 fully saturated rings. The van der Waals surface area contributed by atoms with Crippen LogP contribution in [0.4, 0.5) is 4.39 Å². The van der Waals surface area contributed by atoms with E-state index in [1.54, 1.807) is 24.3 Å². The highest BCUT2D eigenvalue weighted by Crippen LogP contribution is 2.21. The van der Waals surface area contributed by atoms with Gasteiger partial charge in [-0.3, -0.25) is 9.59 Å². The summed E-state index contributed by atoms with van der Waals surface area (Å²) in [5.74, 6) is -1.22. The van der Waals surface area contributed by atoms with E-state index in [1.807, 2.05) is 0 Å². The van der Waals surface area contributed by atoms with Crippen LogP contribution in [0, 0.1) is 5.82 Å². The zero-order chi connectivity index (χ0) is 16.1. The fourth-order valence-corrected chi connectivity index (χ4v) is 2.09. The lowest BCUT2D eigenvalue weighted by Gasteiger charge is -2.10. The first-order chi connectivity index (χ1) is 10.5. The summed E-state index contributed by atoms with van der Waals surface area (Å²) in [5.41, 5.74) is 1.13. The van der Waals surface area contributed by atoms with Gasteiger partial charge in [0.15, 0.2) is 5.78 Å². The quantitative estimate of drug-likeness (QED) is 0.832. The topological polar surface area (TPSA) is 63.6 Å². The molecular formula is C17H15FO4. The Hall–Kier alpha value is -2.69. The molecule has 5 heteroatoms. The number of carbonyl (C=O) groups excluding carboxylic acids is 1. The number of rotatable bonds is 6. The van der Waals surface area contributed by atoms with Gasteiger partial charge in [0.1, 0.15) is 18.2 Å². The van der Waals surface area contributed by atoms with Crippen molar-refractivity contribution in [2.24, 2.45) is 0 Å². The number of benzene rings is 2. The molecule has 0 amide bonds. The summed E-state index contributed by atoms with van der Waals surface area (Å²) in [7, 11) is 0. The summed E-state index contributed by atoms with van der Waals surface area (Å²) < 4.78 is 19.0. The number of hydrogen-bond donors (Lipinski definition) is 1. The molecule has 0 heterocycles. The van der Waals surface area contributed by atoms with E-state index in [4.69, 9.17) is 9.84 Å². The van der Waals surface area contributed by atoms with Gasteiger partial charge in [-0.15, -0.1) is 0 Å². The Morgan fingerprint density at radius 2 is 1.86 bits per heavy atom. The predicted octanol–water partition coefficient (Wildman–Crippen LogP) is 3.23. The highest BCUT2D eigenvalue weighted by Gasteiger charge is 2.12. The molecule has 0 bridgehead atoms. The zero-order valence-electron chi connectivity index (χ0n) is 12.0. The fourth-order valence-electron chi connectivity index (χ4n) is 2.09. The van der Waals surface area contributed by atoms with E-state index in [-0.39, 0.29) is 24.6 Å². The number of carboxylic acids is 1. The SMILES string of the molecule is CC(=O)c1ccc(OCc2ccccc2F)cc1CC(=O)O. The number of aliphatic carboxylic acids is 1. The third-order valence-corrected chi connectivity index (χ3v) is 3.15. The van der Waals surface area contributed by atoms with Gasteiger partial charge < -0.3 is 9.84 Å². The van der Waals surface area contributed by atoms with Crippen LogP contribution in [0.3, 0.4) is 0 Å². The minimum Gasteiger partial charge on any atom is -0.489 e. The largest absolute Gasteiger partial charge is 0.489 e. The molecule has 0 unspecified atom stereocenters. The molecule has 2 rings (SSSR count). The van der Waals surface area contributed by atoms with E-state index in [2.05, 4.69) is 0 Å². The lowest BCUT2D eigenvalue weighted by Crippen LogP contribution is -2.07. The van der Waals surface area contributed by atoms with Gasteiger partial charge in [0.25, 0.3) is 0 Å². The summed E-state index contributed by atoms with van der Waals surface area (Å²) in [6.07, 6.45) is -0.272. The summed E-state index contributed by atoms with van der Waals surface area (Å²) in [6.45, 7) is 1.40. The van der Waals surface area contributed by atoms with Crippen LogP contribution in [-0.4, -0.2) is 16.9 Å². The standard InChI is InChI=1S/C17H15FO4/c1-11(19)15-7-6-14(8-13(15)9-17(20)21)22-10-12-4-2-3-5-16(12)18/h2-8H,9-10H2,1H3,(H,20,21). The first kappa shape index (κ1) is 15.7. The van der Waals surface area contributed by atoms with Gasteiger partial charge in [0.05, 0.1) is 6.42 Å². The summed E-state index contributed by atoms with van der Waals surface area (Å²) >= 11 is 0. The lowest BCUT2D eigenvalue weighted by molar-refractivity contribution is -0.136. The summed E-state index contributed by atoms with van der Waals surface area (Å²) in [4.78, 5) is 22.4. The van der Waals surface area contributed by atoms with E-state index < -0.39 is 5.97 Å². The molecule has 0 aliphatic rings. The molecule has 0 aliphatic heterocycles. The number of ether oxygens (including phenoxy) is 1. The van der Waals surface area contributed by atoms with Crippen molar-refractivity contribution in [2.75, 3.05) is 0 Å². The Kier molecular flexibility index (Phi) is 4.88. The zero-order valence-corrected chi connectivity index (χ0v) is 12.0. The Bertz CT molecular complexity index is 710. The Morgan fingerprint density at radius 1 is 1.14 bits per heavy atom. The van der Waals surface area contributed by atoms with Crippen molar-refractivity contribution in [1.82, 2.24) is 0 Å². The van der Waals surface area contributed by atoms with Crippen molar-refractivity contribution in [3.05, 3.63) is 65.0 Å². The maximum atomic E-state index is 13.5. The van der Waals surface area contributed by atoms with E-state index in [1.165, 1.54) is 25.1 Å². The minimum absolute atomic E-state index is 0.0264. The number of carbonyl (C=O) groups is 2. The molecule has 2 aromatic rings.